The minimum absolute atomic E-state index is 0.521. The Hall–Kier alpha value is -0.570. The van der Waals surface area contributed by atoms with Gasteiger partial charge in [0.1, 0.15) is 0 Å². The van der Waals surface area contributed by atoms with Crippen LogP contribution in [0.5, 0.6) is 0 Å². The quantitative estimate of drug-likeness (QED) is 0.857. The average molecular weight is 254 g/mol. The third-order valence-electron chi connectivity index (χ3n) is 2.67. The van der Waals surface area contributed by atoms with Gasteiger partial charge in [0.15, 0.2) is 0 Å². The molecule has 0 aliphatic carbocycles. The molecule has 0 saturated carbocycles. The lowest BCUT2D eigenvalue weighted by Crippen LogP contribution is -2.21. The van der Waals surface area contributed by atoms with Crippen molar-refractivity contribution in [2.24, 2.45) is 0 Å². The van der Waals surface area contributed by atoms with Crippen molar-refractivity contribution in [1.82, 2.24) is 5.32 Å². The molecule has 3 heteroatoms. The zero-order chi connectivity index (χ0) is 11.7. The Morgan fingerprint density at radius 3 is 2.81 bits per heavy atom. The van der Waals surface area contributed by atoms with E-state index in [4.69, 9.17) is 11.6 Å². The second kappa shape index (κ2) is 4.74. The van der Waals surface area contributed by atoms with E-state index >= 15 is 0 Å². The molecular formula is C13H16ClNS. The number of halogens is 1. The smallest absolute Gasteiger partial charge is 0.0413 e. The summed E-state index contributed by atoms with van der Waals surface area (Å²) in [5.41, 5.74) is 1.36. The Bertz CT molecular complexity index is 502. The van der Waals surface area contributed by atoms with E-state index in [9.17, 15) is 0 Å². The maximum atomic E-state index is 6.02. The van der Waals surface area contributed by atoms with Crippen LogP contribution in [-0.2, 0) is 6.54 Å². The van der Waals surface area contributed by atoms with Crippen molar-refractivity contribution in [2.75, 3.05) is 0 Å². The maximum Gasteiger partial charge on any atom is 0.0413 e. The molecule has 0 unspecified atom stereocenters. The molecule has 0 atom stereocenters. The Morgan fingerprint density at radius 1 is 1.38 bits per heavy atom. The van der Waals surface area contributed by atoms with Gasteiger partial charge < -0.3 is 5.32 Å². The van der Waals surface area contributed by atoms with Crippen LogP contribution >= 0.6 is 22.9 Å². The fraction of sp³-hybridized carbons (Fsp3) is 0.385. The number of hydrogen-bond donors (Lipinski definition) is 1. The molecular weight excluding hydrogens is 238 g/mol. The third-order valence-corrected chi connectivity index (χ3v) is 4.18. The molecule has 1 N–H and O–H groups in total. The van der Waals surface area contributed by atoms with Crippen LogP contribution in [0, 0.1) is 6.92 Å². The predicted octanol–water partition coefficient (Wildman–Crippen LogP) is 4.36. The Labute approximate surface area is 105 Å². The van der Waals surface area contributed by atoms with Crippen LogP contribution in [0.15, 0.2) is 18.2 Å². The summed E-state index contributed by atoms with van der Waals surface area (Å²) < 4.78 is 1.32. The number of hydrogen-bond acceptors (Lipinski definition) is 2. The summed E-state index contributed by atoms with van der Waals surface area (Å²) in [5, 5.41) is 5.56. The van der Waals surface area contributed by atoms with Gasteiger partial charge in [-0.15, -0.1) is 11.3 Å². The predicted molar refractivity (Wildman–Crippen MR) is 73.5 cm³/mol. The molecule has 1 aromatic carbocycles. The highest BCUT2D eigenvalue weighted by molar-refractivity contribution is 7.19. The zero-order valence-corrected chi connectivity index (χ0v) is 11.4. The molecule has 0 aliphatic heterocycles. The maximum absolute atomic E-state index is 6.02. The van der Waals surface area contributed by atoms with E-state index in [0.717, 1.165) is 11.6 Å². The molecule has 0 radical (unpaired) electrons. The van der Waals surface area contributed by atoms with Gasteiger partial charge in [-0.2, -0.15) is 0 Å². The van der Waals surface area contributed by atoms with E-state index < -0.39 is 0 Å². The van der Waals surface area contributed by atoms with Crippen LogP contribution in [0.4, 0.5) is 0 Å². The number of thiophene rings is 1. The van der Waals surface area contributed by atoms with Crippen molar-refractivity contribution in [3.8, 4) is 0 Å². The van der Waals surface area contributed by atoms with Gasteiger partial charge in [-0.1, -0.05) is 25.4 Å². The van der Waals surface area contributed by atoms with Crippen LogP contribution in [0.25, 0.3) is 10.1 Å². The number of nitrogens with one attached hydrogen (secondary N) is 1. The van der Waals surface area contributed by atoms with Crippen molar-refractivity contribution in [3.63, 3.8) is 0 Å². The van der Waals surface area contributed by atoms with Gasteiger partial charge in [0.2, 0.25) is 0 Å². The first-order chi connectivity index (χ1) is 7.58. The van der Waals surface area contributed by atoms with Gasteiger partial charge in [-0.05, 0) is 36.1 Å². The fourth-order valence-electron chi connectivity index (χ4n) is 1.71. The highest BCUT2D eigenvalue weighted by Gasteiger charge is 2.08. The molecule has 0 saturated heterocycles. The lowest BCUT2D eigenvalue weighted by molar-refractivity contribution is 0.592. The second-order valence-electron chi connectivity index (χ2n) is 4.33. The van der Waals surface area contributed by atoms with E-state index in [2.05, 4.69) is 38.2 Å². The first-order valence-electron chi connectivity index (χ1n) is 5.49. The first-order valence-corrected chi connectivity index (χ1v) is 6.68. The van der Waals surface area contributed by atoms with Gasteiger partial charge in [-0.25, -0.2) is 0 Å². The summed E-state index contributed by atoms with van der Waals surface area (Å²) in [6, 6.07) is 6.64. The van der Waals surface area contributed by atoms with Crippen LogP contribution in [0.1, 0.15) is 24.3 Å². The number of benzene rings is 1. The van der Waals surface area contributed by atoms with E-state index in [0.29, 0.717) is 6.04 Å². The monoisotopic (exact) mass is 253 g/mol. The van der Waals surface area contributed by atoms with Gasteiger partial charge in [-0.3, -0.25) is 0 Å². The molecule has 0 amide bonds. The van der Waals surface area contributed by atoms with Crippen LogP contribution < -0.4 is 5.32 Å². The van der Waals surface area contributed by atoms with Crippen molar-refractivity contribution in [3.05, 3.63) is 33.7 Å². The van der Waals surface area contributed by atoms with Gasteiger partial charge in [0.05, 0.1) is 0 Å². The van der Waals surface area contributed by atoms with Gasteiger partial charge in [0.25, 0.3) is 0 Å². The molecule has 1 aromatic heterocycles. The Morgan fingerprint density at radius 2 is 2.12 bits per heavy atom. The second-order valence-corrected chi connectivity index (χ2v) is 5.90. The van der Waals surface area contributed by atoms with E-state index in [1.807, 2.05) is 17.4 Å². The third kappa shape index (κ3) is 2.40. The number of rotatable bonds is 3. The molecule has 0 spiro atoms. The summed E-state index contributed by atoms with van der Waals surface area (Å²) in [6.07, 6.45) is 0. The molecule has 0 aliphatic rings. The Balaban J connectivity index is 2.36. The zero-order valence-electron chi connectivity index (χ0n) is 9.80. The van der Waals surface area contributed by atoms with Crippen molar-refractivity contribution in [2.45, 2.75) is 33.4 Å². The molecule has 16 heavy (non-hydrogen) atoms. The summed E-state index contributed by atoms with van der Waals surface area (Å²) >= 11 is 7.87. The number of aryl methyl sites for hydroxylation is 1. The molecule has 0 fully saturated rings. The molecule has 2 rings (SSSR count). The van der Waals surface area contributed by atoms with Crippen LogP contribution in [0.2, 0.25) is 5.02 Å². The first kappa shape index (κ1) is 11.9. The lowest BCUT2D eigenvalue weighted by Gasteiger charge is -2.06. The fourth-order valence-corrected chi connectivity index (χ4v) is 3.02. The molecule has 1 heterocycles. The SMILES string of the molecule is Cc1c(CNC(C)C)sc2ccc(Cl)cc12. The summed E-state index contributed by atoms with van der Waals surface area (Å²) in [7, 11) is 0. The highest BCUT2D eigenvalue weighted by Crippen LogP contribution is 2.32. The standard InChI is InChI=1S/C13H16ClNS/c1-8(2)15-7-13-9(3)11-6-10(14)4-5-12(11)16-13/h4-6,8,15H,7H2,1-3H3. The molecule has 86 valence electrons. The van der Waals surface area contributed by atoms with Crippen LogP contribution in [-0.4, -0.2) is 6.04 Å². The van der Waals surface area contributed by atoms with E-state index in [1.54, 1.807) is 0 Å². The minimum atomic E-state index is 0.521. The average Bonchev–Trinajstić information content (AvgIpc) is 2.53. The Kier molecular flexibility index (Phi) is 3.53. The molecule has 0 bridgehead atoms. The number of fused-ring (bicyclic) bond motifs is 1. The summed E-state index contributed by atoms with van der Waals surface area (Å²) in [5.74, 6) is 0. The van der Waals surface area contributed by atoms with Crippen molar-refractivity contribution in [1.29, 1.82) is 0 Å². The topological polar surface area (TPSA) is 12.0 Å². The largest absolute Gasteiger partial charge is 0.310 e. The van der Waals surface area contributed by atoms with Crippen molar-refractivity contribution < 1.29 is 0 Å². The van der Waals surface area contributed by atoms with E-state index in [1.165, 1.54) is 20.5 Å². The highest BCUT2D eigenvalue weighted by atomic mass is 35.5. The van der Waals surface area contributed by atoms with Crippen molar-refractivity contribution >= 4 is 33.0 Å². The summed E-state index contributed by atoms with van der Waals surface area (Å²) in [6.45, 7) is 7.45. The summed E-state index contributed by atoms with van der Waals surface area (Å²) in [4.78, 5) is 1.41. The van der Waals surface area contributed by atoms with E-state index in [-0.39, 0.29) is 0 Å². The molecule has 2 aromatic rings. The van der Waals surface area contributed by atoms with Crippen LogP contribution in [0.3, 0.4) is 0 Å². The molecule has 1 nitrogen and oxygen atoms in total. The van der Waals surface area contributed by atoms with Gasteiger partial charge >= 0.3 is 0 Å². The van der Waals surface area contributed by atoms with Gasteiger partial charge in [0, 0.05) is 27.2 Å². The normalized spacial score (nSPS) is 11.6. The lowest BCUT2D eigenvalue weighted by atomic mass is 10.1. The minimum Gasteiger partial charge on any atom is -0.310 e.